The van der Waals surface area contributed by atoms with E-state index in [-0.39, 0.29) is 6.42 Å². The van der Waals surface area contributed by atoms with Crippen LogP contribution in [0.15, 0.2) is 15.8 Å². The number of aliphatic hydroxyl groups is 1. The number of halogens is 1. The van der Waals surface area contributed by atoms with Gasteiger partial charge < -0.3 is 10.1 Å². The Hall–Kier alpha value is -1.43. The van der Waals surface area contributed by atoms with Crippen molar-refractivity contribution in [2.45, 2.75) is 19.6 Å². The molecule has 0 fully saturated rings. The quantitative estimate of drug-likeness (QED) is 0.661. The van der Waals surface area contributed by atoms with Gasteiger partial charge in [-0.3, -0.25) is 4.79 Å². The zero-order valence-electron chi connectivity index (χ0n) is 6.95. The van der Waals surface area contributed by atoms with Gasteiger partial charge in [-0.1, -0.05) is 6.92 Å². The van der Waals surface area contributed by atoms with Crippen molar-refractivity contribution in [3.8, 4) is 0 Å². The minimum absolute atomic E-state index is 0.159. The average Bonchev–Trinajstić information content (AvgIpc) is 2.12. The molecule has 1 unspecified atom stereocenters. The van der Waals surface area contributed by atoms with Gasteiger partial charge in [0.05, 0.1) is 0 Å². The van der Waals surface area contributed by atoms with Gasteiger partial charge in [0.1, 0.15) is 6.23 Å². The molecule has 1 rings (SSSR count). The lowest BCUT2D eigenvalue weighted by molar-refractivity contribution is 0.0896. The number of nitrogens with zero attached hydrogens (tertiary/aromatic N) is 1. The van der Waals surface area contributed by atoms with E-state index in [9.17, 15) is 19.1 Å². The first kappa shape index (κ1) is 9.66. The Bertz CT molecular complexity index is 409. The molecule has 0 spiro atoms. The lowest BCUT2D eigenvalue weighted by Crippen LogP contribution is -2.39. The summed E-state index contributed by atoms with van der Waals surface area (Å²) in [6, 6.07) is 0. The van der Waals surface area contributed by atoms with Gasteiger partial charge in [-0.15, -0.1) is 0 Å². The fraction of sp³-hybridized carbons (Fsp3) is 0.429. The number of nitrogens with one attached hydrogen (secondary N) is 1. The lowest BCUT2D eigenvalue weighted by Gasteiger charge is -2.09. The van der Waals surface area contributed by atoms with Crippen LogP contribution in [0.3, 0.4) is 0 Å². The first-order valence-corrected chi connectivity index (χ1v) is 3.75. The zero-order chi connectivity index (χ0) is 10.0. The van der Waals surface area contributed by atoms with Crippen LogP contribution >= 0.6 is 0 Å². The van der Waals surface area contributed by atoms with Crippen molar-refractivity contribution < 1.29 is 9.50 Å². The molecule has 1 heterocycles. The second-order valence-electron chi connectivity index (χ2n) is 2.51. The molecule has 5 nitrogen and oxygen atoms in total. The first-order valence-electron chi connectivity index (χ1n) is 3.75. The second kappa shape index (κ2) is 3.53. The maximum atomic E-state index is 12.6. The molecular formula is C7H9FN2O3. The van der Waals surface area contributed by atoms with Crippen LogP contribution in [-0.2, 0) is 0 Å². The smallest absolute Gasteiger partial charge is 0.330 e. The molecule has 1 aromatic heterocycles. The van der Waals surface area contributed by atoms with Gasteiger partial charge in [0.2, 0.25) is 5.82 Å². The molecule has 72 valence electrons. The van der Waals surface area contributed by atoms with Crippen molar-refractivity contribution in [3.05, 3.63) is 32.9 Å². The van der Waals surface area contributed by atoms with E-state index in [1.807, 2.05) is 4.98 Å². The van der Waals surface area contributed by atoms with E-state index >= 15 is 0 Å². The van der Waals surface area contributed by atoms with E-state index in [0.717, 1.165) is 0 Å². The summed E-state index contributed by atoms with van der Waals surface area (Å²) >= 11 is 0. The van der Waals surface area contributed by atoms with Crippen LogP contribution < -0.4 is 11.2 Å². The molecule has 13 heavy (non-hydrogen) atoms. The highest BCUT2D eigenvalue weighted by atomic mass is 19.1. The maximum Gasteiger partial charge on any atom is 0.330 e. The predicted octanol–water partition coefficient (Wildman–Crippen LogP) is -0.423. The van der Waals surface area contributed by atoms with Gasteiger partial charge in [-0.05, 0) is 6.42 Å². The molecule has 0 aliphatic rings. The Morgan fingerprint density at radius 3 is 2.85 bits per heavy atom. The summed E-state index contributed by atoms with van der Waals surface area (Å²) in [7, 11) is 0. The standard InChI is InChI=1S/C7H9FN2O3/c1-2-5(11)10-6(12)4(8)3-9-7(10)13/h3,5,11H,2H2,1H3,(H,9,13). The summed E-state index contributed by atoms with van der Waals surface area (Å²) < 4.78 is 13.1. The Kier molecular flexibility index (Phi) is 2.62. The van der Waals surface area contributed by atoms with Crippen LogP contribution in [0.2, 0.25) is 0 Å². The monoisotopic (exact) mass is 188 g/mol. The zero-order valence-corrected chi connectivity index (χ0v) is 6.95. The molecule has 0 saturated heterocycles. The average molecular weight is 188 g/mol. The number of hydrogen-bond donors (Lipinski definition) is 2. The third-order valence-corrected chi connectivity index (χ3v) is 1.63. The van der Waals surface area contributed by atoms with Crippen LogP contribution in [0.4, 0.5) is 4.39 Å². The van der Waals surface area contributed by atoms with Crippen LogP contribution in [-0.4, -0.2) is 14.7 Å². The van der Waals surface area contributed by atoms with Gasteiger partial charge in [0, 0.05) is 6.20 Å². The number of rotatable bonds is 2. The van der Waals surface area contributed by atoms with Crippen LogP contribution in [0.5, 0.6) is 0 Å². The molecule has 0 saturated carbocycles. The summed E-state index contributed by atoms with van der Waals surface area (Å²) in [5.41, 5.74) is -1.93. The molecule has 2 N–H and O–H groups in total. The SMILES string of the molecule is CCC(O)n1c(=O)[nH]cc(F)c1=O. The molecule has 0 aliphatic carbocycles. The van der Waals surface area contributed by atoms with Gasteiger partial charge in [-0.2, -0.15) is 4.39 Å². The summed E-state index contributed by atoms with van der Waals surface area (Å²) in [4.78, 5) is 24.0. The molecule has 0 radical (unpaired) electrons. The largest absolute Gasteiger partial charge is 0.373 e. The highest BCUT2D eigenvalue weighted by Crippen LogP contribution is 1.98. The number of hydrogen-bond acceptors (Lipinski definition) is 3. The van der Waals surface area contributed by atoms with Crippen molar-refractivity contribution in [2.75, 3.05) is 0 Å². The molecule has 1 aromatic rings. The third kappa shape index (κ3) is 1.67. The van der Waals surface area contributed by atoms with Crippen molar-refractivity contribution in [2.24, 2.45) is 0 Å². The van der Waals surface area contributed by atoms with Crippen molar-refractivity contribution in [1.29, 1.82) is 0 Å². The fourth-order valence-corrected chi connectivity index (χ4v) is 0.917. The number of aromatic amines is 1. The van der Waals surface area contributed by atoms with Gasteiger partial charge in [0.25, 0.3) is 5.56 Å². The summed E-state index contributed by atoms with van der Waals surface area (Å²) in [5.74, 6) is -1.09. The summed E-state index contributed by atoms with van der Waals surface area (Å²) in [5, 5.41) is 9.19. The van der Waals surface area contributed by atoms with E-state index < -0.39 is 23.3 Å². The minimum atomic E-state index is -1.29. The highest BCUT2D eigenvalue weighted by molar-refractivity contribution is 4.88. The first-order chi connectivity index (χ1) is 6.07. The predicted molar refractivity (Wildman–Crippen MR) is 42.8 cm³/mol. The molecule has 0 bridgehead atoms. The second-order valence-corrected chi connectivity index (χ2v) is 2.51. The minimum Gasteiger partial charge on any atom is -0.373 e. The van der Waals surface area contributed by atoms with Gasteiger partial charge >= 0.3 is 5.69 Å². The maximum absolute atomic E-state index is 12.6. The number of aromatic nitrogens is 2. The Labute approximate surface area is 72.5 Å². The van der Waals surface area contributed by atoms with Crippen LogP contribution in [0.1, 0.15) is 19.6 Å². The normalized spacial score (nSPS) is 12.8. The number of H-pyrrole nitrogens is 1. The fourth-order valence-electron chi connectivity index (χ4n) is 0.917. The Balaban J connectivity index is 3.43. The third-order valence-electron chi connectivity index (χ3n) is 1.63. The Morgan fingerprint density at radius 1 is 1.69 bits per heavy atom. The van der Waals surface area contributed by atoms with E-state index in [1.165, 1.54) is 0 Å². The molecule has 0 aromatic carbocycles. The molecule has 1 atom stereocenters. The molecule has 0 amide bonds. The number of aliphatic hydroxyl groups excluding tert-OH is 1. The van der Waals surface area contributed by atoms with Crippen molar-refractivity contribution >= 4 is 0 Å². The summed E-state index contributed by atoms with van der Waals surface area (Å²) in [6.07, 6.45) is -0.456. The van der Waals surface area contributed by atoms with Gasteiger partial charge in [-0.25, -0.2) is 9.36 Å². The molecule has 0 aliphatic heterocycles. The molecular weight excluding hydrogens is 179 g/mol. The van der Waals surface area contributed by atoms with Crippen LogP contribution in [0, 0.1) is 5.82 Å². The lowest BCUT2D eigenvalue weighted by atomic mass is 10.4. The summed E-state index contributed by atoms with van der Waals surface area (Å²) in [6.45, 7) is 1.57. The topological polar surface area (TPSA) is 75.1 Å². The highest BCUT2D eigenvalue weighted by Gasteiger charge is 2.12. The Morgan fingerprint density at radius 2 is 2.31 bits per heavy atom. The van der Waals surface area contributed by atoms with Crippen molar-refractivity contribution in [1.82, 2.24) is 9.55 Å². The van der Waals surface area contributed by atoms with Crippen molar-refractivity contribution in [3.63, 3.8) is 0 Å². The van der Waals surface area contributed by atoms with E-state index in [1.54, 1.807) is 6.92 Å². The van der Waals surface area contributed by atoms with Crippen LogP contribution in [0.25, 0.3) is 0 Å². The van der Waals surface area contributed by atoms with E-state index in [0.29, 0.717) is 10.8 Å². The van der Waals surface area contributed by atoms with E-state index in [2.05, 4.69) is 0 Å². The molecule has 6 heteroatoms. The van der Waals surface area contributed by atoms with Gasteiger partial charge in [0.15, 0.2) is 0 Å². The van der Waals surface area contributed by atoms with E-state index in [4.69, 9.17) is 0 Å².